The predicted molar refractivity (Wildman–Crippen MR) is 54.1 cm³/mol. The third-order valence-corrected chi connectivity index (χ3v) is 2.21. The molecule has 0 saturated carbocycles. The van der Waals surface area contributed by atoms with E-state index in [1.54, 1.807) is 0 Å². The summed E-state index contributed by atoms with van der Waals surface area (Å²) >= 11 is 0. The van der Waals surface area contributed by atoms with E-state index in [0.717, 1.165) is 19.5 Å². The first kappa shape index (κ1) is 11.5. The zero-order chi connectivity index (χ0) is 9.61. The molecule has 70 valence electrons. The molecular formula is C10H20N2. The van der Waals surface area contributed by atoms with Crippen molar-refractivity contribution < 1.29 is 0 Å². The number of rotatable bonds is 5. The minimum atomic E-state index is 0.203. The van der Waals surface area contributed by atoms with E-state index in [-0.39, 0.29) is 5.54 Å². The van der Waals surface area contributed by atoms with E-state index in [2.05, 4.69) is 44.1 Å². The van der Waals surface area contributed by atoms with Gasteiger partial charge in [-0.3, -0.25) is 0 Å². The van der Waals surface area contributed by atoms with Crippen molar-refractivity contribution in [2.45, 2.75) is 25.8 Å². The summed E-state index contributed by atoms with van der Waals surface area (Å²) in [5, 5.41) is 3.32. The van der Waals surface area contributed by atoms with Gasteiger partial charge < -0.3 is 10.2 Å². The van der Waals surface area contributed by atoms with E-state index >= 15 is 0 Å². The topological polar surface area (TPSA) is 15.3 Å². The Kier molecular flexibility index (Phi) is 4.96. The number of hydrogen-bond donors (Lipinski definition) is 1. The van der Waals surface area contributed by atoms with Crippen LogP contribution in [0.1, 0.15) is 20.3 Å². The fourth-order valence-corrected chi connectivity index (χ4v) is 0.713. The Bertz CT molecular complexity index is 154. The molecule has 0 atom stereocenters. The van der Waals surface area contributed by atoms with E-state index in [1.807, 2.05) is 0 Å². The first-order chi connectivity index (χ1) is 5.50. The Hall–Kier alpha value is -0.520. The van der Waals surface area contributed by atoms with Crippen molar-refractivity contribution in [2.24, 2.45) is 0 Å². The van der Waals surface area contributed by atoms with Gasteiger partial charge in [-0.2, -0.15) is 0 Å². The Morgan fingerprint density at radius 2 is 2.00 bits per heavy atom. The molecule has 0 aliphatic rings. The van der Waals surface area contributed by atoms with Gasteiger partial charge in [0.1, 0.15) is 0 Å². The van der Waals surface area contributed by atoms with Gasteiger partial charge in [0.25, 0.3) is 0 Å². The van der Waals surface area contributed by atoms with Gasteiger partial charge in [-0.25, -0.2) is 0 Å². The summed E-state index contributed by atoms with van der Waals surface area (Å²) in [6.45, 7) is 6.29. The standard InChI is InChI=1S/C10H20N2/c1-6-7-8-11-9-10(2,3)12(4)5/h1,11H,7-9H2,2-5H3. The third kappa shape index (κ3) is 4.38. The average Bonchev–Trinajstić information content (AvgIpc) is 1.98. The highest BCUT2D eigenvalue weighted by atomic mass is 15.2. The molecule has 0 aliphatic heterocycles. The number of hydrogen-bond acceptors (Lipinski definition) is 2. The quantitative estimate of drug-likeness (QED) is 0.485. The van der Waals surface area contributed by atoms with Gasteiger partial charge in [-0.05, 0) is 27.9 Å². The number of nitrogens with one attached hydrogen (secondary N) is 1. The molecule has 2 nitrogen and oxygen atoms in total. The molecular weight excluding hydrogens is 148 g/mol. The summed E-state index contributed by atoms with van der Waals surface area (Å²) in [6, 6.07) is 0. The van der Waals surface area contributed by atoms with Crippen molar-refractivity contribution in [3.05, 3.63) is 0 Å². The highest BCUT2D eigenvalue weighted by Crippen LogP contribution is 2.07. The zero-order valence-corrected chi connectivity index (χ0v) is 8.65. The summed E-state index contributed by atoms with van der Waals surface area (Å²) in [5.41, 5.74) is 0.203. The van der Waals surface area contributed by atoms with E-state index < -0.39 is 0 Å². The van der Waals surface area contributed by atoms with Crippen LogP contribution in [0.2, 0.25) is 0 Å². The second-order valence-electron chi connectivity index (χ2n) is 3.84. The number of nitrogens with zero attached hydrogens (tertiary/aromatic N) is 1. The summed E-state index contributed by atoms with van der Waals surface area (Å²) in [5.74, 6) is 2.61. The smallest absolute Gasteiger partial charge is 0.0271 e. The molecule has 12 heavy (non-hydrogen) atoms. The predicted octanol–water partition coefficient (Wildman–Crippen LogP) is 0.940. The van der Waals surface area contributed by atoms with Crippen molar-refractivity contribution in [1.29, 1.82) is 0 Å². The molecule has 0 bridgehead atoms. The zero-order valence-electron chi connectivity index (χ0n) is 8.65. The lowest BCUT2D eigenvalue weighted by Crippen LogP contribution is -2.46. The molecule has 2 heteroatoms. The second-order valence-corrected chi connectivity index (χ2v) is 3.84. The molecule has 0 aromatic rings. The molecule has 0 saturated heterocycles. The summed E-state index contributed by atoms with van der Waals surface area (Å²) < 4.78 is 0. The molecule has 0 unspecified atom stereocenters. The minimum absolute atomic E-state index is 0.203. The third-order valence-electron chi connectivity index (χ3n) is 2.21. The van der Waals surface area contributed by atoms with Crippen LogP contribution >= 0.6 is 0 Å². The largest absolute Gasteiger partial charge is 0.314 e. The summed E-state index contributed by atoms with van der Waals surface area (Å²) in [4.78, 5) is 2.20. The normalized spacial score (nSPS) is 11.7. The molecule has 0 radical (unpaired) electrons. The molecule has 0 heterocycles. The molecule has 0 rings (SSSR count). The SMILES string of the molecule is C#CCCNCC(C)(C)N(C)C. The molecule has 0 spiro atoms. The van der Waals surface area contributed by atoms with Crippen molar-refractivity contribution in [2.75, 3.05) is 27.2 Å². The first-order valence-corrected chi connectivity index (χ1v) is 4.32. The van der Waals surface area contributed by atoms with Crippen molar-refractivity contribution in [1.82, 2.24) is 10.2 Å². The Balaban J connectivity index is 3.56. The monoisotopic (exact) mass is 168 g/mol. The highest BCUT2D eigenvalue weighted by Gasteiger charge is 2.18. The lowest BCUT2D eigenvalue weighted by Gasteiger charge is -2.32. The van der Waals surface area contributed by atoms with Crippen LogP contribution in [0, 0.1) is 12.3 Å². The van der Waals surface area contributed by atoms with Gasteiger partial charge in [0.05, 0.1) is 0 Å². The molecule has 0 aromatic heterocycles. The maximum absolute atomic E-state index is 5.14. The van der Waals surface area contributed by atoms with Gasteiger partial charge in [0, 0.05) is 25.0 Å². The molecule has 0 fully saturated rings. The first-order valence-electron chi connectivity index (χ1n) is 4.32. The van der Waals surface area contributed by atoms with Crippen LogP contribution in [-0.2, 0) is 0 Å². The van der Waals surface area contributed by atoms with Gasteiger partial charge in [-0.1, -0.05) is 0 Å². The lowest BCUT2D eigenvalue weighted by atomic mass is 10.0. The lowest BCUT2D eigenvalue weighted by molar-refractivity contribution is 0.191. The van der Waals surface area contributed by atoms with Crippen LogP contribution in [0.15, 0.2) is 0 Å². The van der Waals surface area contributed by atoms with E-state index in [0.29, 0.717) is 0 Å². The summed E-state index contributed by atoms with van der Waals surface area (Å²) in [7, 11) is 4.17. The van der Waals surface area contributed by atoms with Crippen molar-refractivity contribution in [3.63, 3.8) is 0 Å². The molecule has 1 N–H and O–H groups in total. The average molecular weight is 168 g/mol. The van der Waals surface area contributed by atoms with Gasteiger partial charge in [0.2, 0.25) is 0 Å². The Morgan fingerprint density at radius 1 is 1.42 bits per heavy atom. The van der Waals surface area contributed by atoms with Crippen molar-refractivity contribution in [3.8, 4) is 12.3 Å². The maximum atomic E-state index is 5.14. The van der Waals surface area contributed by atoms with Crippen LogP contribution in [0.3, 0.4) is 0 Å². The van der Waals surface area contributed by atoms with Gasteiger partial charge >= 0.3 is 0 Å². The van der Waals surface area contributed by atoms with Crippen LogP contribution < -0.4 is 5.32 Å². The van der Waals surface area contributed by atoms with Crippen LogP contribution in [0.5, 0.6) is 0 Å². The molecule has 0 aromatic carbocycles. The number of likely N-dealkylation sites (N-methyl/N-ethyl adjacent to an activating group) is 1. The van der Waals surface area contributed by atoms with Crippen LogP contribution in [-0.4, -0.2) is 37.6 Å². The molecule has 0 aliphatic carbocycles. The van der Waals surface area contributed by atoms with Crippen LogP contribution in [0.25, 0.3) is 0 Å². The fraction of sp³-hybridized carbons (Fsp3) is 0.800. The highest BCUT2D eigenvalue weighted by molar-refractivity contribution is 4.85. The van der Waals surface area contributed by atoms with Gasteiger partial charge in [0.15, 0.2) is 0 Å². The van der Waals surface area contributed by atoms with E-state index in [1.165, 1.54) is 0 Å². The minimum Gasteiger partial charge on any atom is -0.314 e. The second kappa shape index (κ2) is 5.18. The Labute approximate surface area is 76.3 Å². The fourth-order valence-electron chi connectivity index (χ4n) is 0.713. The number of terminal acetylenes is 1. The van der Waals surface area contributed by atoms with E-state index in [9.17, 15) is 0 Å². The maximum Gasteiger partial charge on any atom is 0.0271 e. The van der Waals surface area contributed by atoms with Crippen molar-refractivity contribution >= 4 is 0 Å². The van der Waals surface area contributed by atoms with Gasteiger partial charge in [-0.15, -0.1) is 12.3 Å². The summed E-state index contributed by atoms with van der Waals surface area (Å²) in [6.07, 6.45) is 5.95. The van der Waals surface area contributed by atoms with Crippen LogP contribution in [0.4, 0.5) is 0 Å². The van der Waals surface area contributed by atoms with E-state index in [4.69, 9.17) is 6.42 Å². The Morgan fingerprint density at radius 3 is 2.42 bits per heavy atom. The molecule has 0 amide bonds.